The average molecular weight is 378 g/mol. The number of fused-ring (bicyclic) bond motifs is 1. The standard InChI is InChI=1S/C19H27N3O3S/c1-3-26(24,25)21-14-7-13-20-19(23)22(2)15-12-17-10-6-9-16-8-4-5-11-18(16)17/h4-6,8-11,21H,3,7,12-15H2,1-2H3,(H,20,23). The maximum atomic E-state index is 12.1. The van der Waals surface area contributed by atoms with Crippen molar-refractivity contribution in [2.24, 2.45) is 0 Å². The summed E-state index contributed by atoms with van der Waals surface area (Å²) >= 11 is 0. The summed E-state index contributed by atoms with van der Waals surface area (Å²) in [6.45, 7) is 2.97. The second-order valence-corrected chi connectivity index (χ2v) is 8.29. The maximum Gasteiger partial charge on any atom is 0.317 e. The molecule has 0 aliphatic carbocycles. The third kappa shape index (κ3) is 6.00. The van der Waals surface area contributed by atoms with Gasteiger partial charge in [-0.15, -0.1) is 0 Å². The highest BCUT2D eigenvalue weighted by Crippen LogP contribution is 2.18. The van der Waals surface area contributed by atoms with Crippen LogP contribution in [0.3, 0.4) is 0 Å². The minimum atomic E-state index is -3.17. The van der Waals surface area contributed by atoms with E-state index in [-0.39, 0.29) is 11.8 Å². The van der Waals surface area contributed by atoms with E-state index in [4.69, 9.17) is 0 Å². The quantitative estimate of drug-likeness (QED) is 0.659. The van der Waals surface area contributed by atoms with Crippen molar-refractivity contribution in [2.45, 2.75) is 19.8 Å². The Morgan fingerprint density at radius 2 is 1.81 bits per heavy atom. The second-order valence-electron chi connectivity index (χ2n) is 6.19. The lowest BCUT2D eigenvalue weighted by Gasteiger charge is -2.18. The molecule has 2 rings (SSSR count). The molecule has 0 aliphatic heterocycles. The van der Waals surface area contributed by atoms with Crippen LogP contribution in [0.4, 0.5) is 4.79 Å². The van der Waals surface area contributed by atoms with Crippen LogP contribution < -0.4 is 10.0 Å². The molecule has 142 valence electrons. The number of amides is 2. The Labute approximate surface area is 155 Å². The van der Waals surface area contributed by atoms with E-state index in [0.29, 0.717) is 26.1 Å². The molecule has 2 amide bonds. The molecule has 0 saturated carbocycles. The van der Waals surface area contributed by atoms with Crippen LogP contribution in [0.2, 0.25) is 0 Å². The number of carbonyl (C=O) groups excluding carboxylic acids is 1. The van der Waals surface area contributed by atoms with Crippen LogP contribution in [0.15, 0.2) is 42.5 Å². The molecule has 2 aromatic rings. The number of nitrogens with one attached hydrogen (secondary N) is 2. The van der Waals surface area contributed by atoms with Gasteiger partial charge in [-0.05, 0) is 36.1 Å². The molecule has 7 heteroatoms. The molecule has 0 aromatic heterocycles. The molecule has 0 radical (unpaired) electrons. The highest BCUT2D eigenvalue weighted by atomic mass is 32.2. The molecule has 6 nitrogen and oxygen atoms in total. The first-order chi connectivity index (χ1) is 12.4. The molecule has 0 bridgehead atoms. The van der Waals surface area contributed by atoms with Crippen LogP contribution in [0.1, 0.15) is 18.9 Å². The zero-order valence-corrected chi connectivity index (χ0v) is 16.2. The van der Waals surface area contributed by atoms with Gasteiger partial charge in [0.05, 0.1) is 5.75 Å². The van der Waals surface area contributed by atoms with Crippen molar-refractivity contribution in [1.82, 2.24) is 14.9 Å². The van der Waals surface area contributed by atoms with E-state index < -0.39 is 10.0 Å². The van der Waals surface area contributed by atoms with E-state index in [1.54, 1.807) is 18.9 Å². The van der Waals surface area contributed by atoms with Crippen LogP contribution in [0.5, 0.6) is 0 Å². The highest BCUT2D eigenvalue weighted by molar-refractivity contribution is 7.89. The summed E-state index contributed by atoms with van der Waals surface area (Å²) in [5.41, 5.74) is 1.22. The van der Waals surface area contributed by atoms with Crippen LogP contribution in [0.25, 0.3) is 10.8 Å². The fourth-order valence-electron chi connectivity index (χ4n) is 2.65. The van der Waals surface area contributed by atoms with Crippen LogP contribution in [0, 0.1) is 0 Å². The van der Waals surface area contributed by atoms with E-state index in [1.165, 1.54) is 16.3 Å². The normalized spacial score (nSPS) is 11.5. The maximum absolute atomic E-state index is 12.1. The zero-order chi connectivity index (χ0) is 19.0. The van der Waals surface area contributed by atoms with Crippen molar-refractivity contribution >= 4 is 26.8 Å². The van der Waals surface area contributed by atoms with Gasteiger partial charge in [-0.3, -0.25) is 0 Å². The Morgan fingerprint density at radius 3 is 2.58 bits per heavy atom. The fraction of sp³-hybridized carbons (Fsp3) is 0.421. The Morgan fingerprint density at radius 1 is 1.08 bits per heavy atom. The van der Waals surface area contributed by atoms with Crippen molar-refractivity contribution in [2.75, 3.05) is 32.4 Å². The van der Waals surface area contributed by atoms with Gasteiger partial charge in [-0.1, -0.05) is 42.5 Å². The minimum Gasteiger partial charge on any atom is -0.338 e. The molecular formula is C19H27N3O3S. The molecular weight excluding hydrogens is 350 g/mol. The van der Waals surface area contributed by atoms with E-state index >= 15 is 0 Å². The van der Waals surface area contributed by atoms with E-state index in [2.05, 4.69) is 34.3 Å². The van der Waals surface area contributed by atoms with Gasteiger partial charge in [0.2, 0.25) is 10.0 Å². The van der Waals surface area contributed by atoms with Crippen molar-refractivity contribution in [3.63, 3.8) is 0 Å². The predicted molar refractivity (Wildman–Crippen MR) is 106 cm³/mol. The number of rotatable bonds is 9. The summed E-state index contributed by atoms with van der Waals surface area (Å²) in [5, 5.41) is 5.23. The predicted octanol–water partition coefficient (Wildman–Crippen LogP) is 2.35. The molecule has 0 aliphatic rings. The summed E-state index contributed by atoms with van der Waals surface area (Å²) in [6, 6.07) is 14.3. The molecule has 0 atom stereocenters. The summed E-state index contributed by atoms with van der Waals surface area (Å²) < 4.78 is 25.1. The van der Waals surface area contributed by atoms with Crippen molar-refractivity contribution in [3.05, 3.63) is 48.0 Å². The van der Waals surface area contributed by atoms with Gasteiger partial charge in [-0.25, -0.2) is 17.9 Å². The number of hydrogen-bond donors (Lipinski definition) is 2. The second kappa shape index (κ2) is 9.54. The topological polar surface area (TPSA) is 78.5 Å². The van der Waals surface area contributed by atoms with E-state index in [1.807, 2.05) is 18.2 Å². The van der Waals surface area contributed by atoms with Crippen molar-refractivity contribution in [1.29, 1.82) is 0 Å². The number of sulfonamides is 1. The van der Waals surface area contributed by atoms with Gasteiger partial charge in [0.15, 0.2) is 0 Å². The van der Waals surface area contributed by atoms with Crippen LogP contribution in [-0.4, -0.2) is 51.8 Å². The lowest BCUT2D eigenvalue weighted by molar-refractivity contribution is 0.209. The minimum absolute atomic E-state index is 0.0657. The zero-order valence-electron chi connectivity index (χ0n) is 15.4. The third-order valence-corrected chi connectivity index (χ3v) is 5.68. The number of carbonyl (C=O) groups is 1. The van der Waals surface area contributed by atoms with Crippen LogP contribution >= 0.6 is 0 Å². The molecule has 0 heterocycles. The first kappa shape index (κ1) is 20.2. The number of nitrogens with zero attached hydrogens (tertiary/aromatic N) is 1. The van der Waals surface area contributed by atoms with Crippen molar-refractivity contribution < 1.29 is 13.2 Å². The molecule has 0 fully saturated rings. The number of benzene rings is 2. The van der Waals surface area contributed by atoms with Gasteiger partial charge in [0, 0.05) is 26.7 Å². The molecule has 2 N–H and O–H groups in total. The molecule has 26 heavy (non-hydrogen) atoms. The van der Waals surface area contributed by atoms with E-state index in [9.17, 15) is 13.2 Å². The number of hydrogen-bond acceptors (Lipinski definition) is 3. The summed E-state index contributed by atoms with van der Waals surface area (Å²) in [5.74, 6) is 0.0657. The third-order valence-electron chi connectivity index (χ3n) is 4.27. The van der Waals surface area contributed by atoms with Crippen molar-refractivity contribution in [3.8, 4) is 0 Å². The number of urea groups is 1. The largest absolute Gasteiger partial charge is 0.338 e. The summed E-state index contributed by atoms with van der Waals surface area (Å²) in [7, 11) is -1.40. The lowest BCUT2D eigenvalue weighted by Crippen LogP contribution is -2.39. The Balaban J connectivity index is 1.75. The van der Waals surface area contributed by atoms with Gasteiger partial charge in [0.1, 0.15) is 0 Å². The Kier molecular flexibility index (Phi) is 7.41. The first-order valence-corrected chi connectivity index (χ1v) is 10.5. The highest BCUT2D eigenvalue weighted by Gasteiger charge is 2.09. The van der Waals surface area contributed by atoms with Gasteiger partial charge in [0.25, 0.3) is 0 Å². The fourth-order valence-corrected chi connectivity index (χ4v) is 3.31. The first-order valence-electron chi connectivity index (χ1n) is 8.86. The molecule has 0 spiro atoms. The van der Waals surface area contributed by atoms with Gasteiger partial charge < -0.3 is 10.2 Å². The molecule has 2 aromatic carbocycles. The molecule has 0 unspecified atom stereocenters. The summed E-state index contributed by atoms with van der Waals surface area (Å²) in [4.78, 5) is 13.8. The van der Waals surface area contributed by atoms with Gasteiger partial charge in [-0.2, -0.15) is 0 Å². The monoisotopic (exact) mass is 377 g/mol. The lowest BCUT2D eigenvalue weighted by atomic mass is 10.0. The van der Waals surface area contributed by atoms with Crippen LogP contribution in [-0.2, 0) is 16.4 Å². The Bertz CT molecular complexity index is 832. The number of likely N-dealkylation sites (N-methyl/N-ethyl adjacent to an activating group) is 1. The van der Waals surface area contributed by atoms with E-state index in [0.717, 1.165) is 6.42 Å². The summed E-state index contributed by atoms with van der Waals surface area (Å²) in [6.07, 6.45) is 1.34. The molecule has 0 saturated heterocycles. The smallest absolute Gasteiger partial charge is 0.317 e. The SMILES string of the molecule is CCS(=O)(=O)NCCCNC(=O)N(C)CCc1cccc2ccccc12. The average Bonchev–Trinajstić information content (AvgIpc) is 2.65. The Hall–Kier alpha value is -2.12. The van der Waals surface area contributed by atoms with Gasteiger partial charge >= 0.3 is 6.03 Å².